The Kier molecular flexibility index (Phi) is 3.90. The third-order valence-electron chi connectivity index (χ3n) is 2.82. The number of nitrogens with zero attached hydrogens (tertiary/aromatic N) is 1. The van der Waals surface area contributed by atoms with Crippen LogP contribution >= 0.6 is 11.6 Å². The first-order valence-corrected chi connectivity index (χ1v) is 6.26. The molecule has 0 atom stereocenters. The van der Waals surface area contributed by atoms with Crippen molar-refractivity contribution < 1.29 is 9.18 Å². The number of hydrogen-bond donors (Lipinski definition) is 2. The van der Waals surface area contributed by atoms with Gasteiger partial charge in [0.05, 0.1) is 16.9 Å². The zero-order valence-corrected chi connectivity index (χ0v) is 11.8. The van der Waals surface area contributed by atoms with E-state index in [1.54, 1.807) is 26.0 Å². The molecule has 1 heterocycles. The lowest BCUT2D eigenvalue weighted by Crippen LogP contribution is -2.16. The van der Waals surface area contributed by atoms with E-state index in [9.17, 15) is 9.18 Å². The number of carbonyl (C=O) groups excluding carboxylic acids is 1. The highest BCUT2D eigenvalue weighted by Gasteiger charge is 2.16. The quantitative estimate of drug-likeness (QED) is 0.659. The van der Waals surface area contributed by atoms with Crippen molar-refractivity contribution in [2.24, 2.45) is 0 Å². The molecule has 0 saturated heterocycles. The Balaban J connectivity index is 2.33. The smallest absolute Gasteiger partial charge is 0.258 e. The van der Waals surface area contributed by atoms with Crippen LogP contribution in [0.4, 0.5) is 15.8 Å². The molecule has 0 spiro atoms. The van der Waals surface area contributed by atoms with Crippen molar-refractivity contribution in [3.63, 3.8) is 0 Å². The second-order valence-electron chi connectivity index (χ2n) is 4.42. The summed E-state index contributed by atoms with van der Waals surface area (Å²) in [6.07, 6.45) is 0. The molecule has 1 amide bonds. The molecule has 104 valence electrons. The van der Waals surface area contributed by atoms with Crippen LogP contribution in [0.2, 0.25) is 5.15 Å². The van der Waals surface area contributed by atoms with E-state index in [2.05, 4.69) is 10.3 Å². The highest BCUT2D eigenvalue weighted by Crippen LogP contribution is 2.20. The average Bonchev–Trinajstić information content (AvgIpc) is 2.37. The minimum absolute atomic E-state index is 0.100. The van der Waals surface area contributed by atoms with Crippen molar-refractivity contribution in [2.75, 3.05) is 11.1 Å². The molecular weight excluding hydrogens is 281 g/mol. The lowest BCUT2D eigenvalue weighted by Gasteiger charge is -2.10. The van der Waals surface area contributed by atoms with Gasteiger partial charge in [-0.05, 0) is 43.7 Å². The van der Waals surface area contributed by atoms with Crippen molar-refractivity contribution in [1.29, 1.82) is 0 Å². The summed E-state index contributed by atoms with van der Waals surface area (Å²) in [5.74, 6) is -1.17. The molecule has 0 aliphatic carbocycles. The standard InChI is InChI=1S/C14H13ClFN3O/c1-7-5-9(17)6-10(13(7)16)14(20)19-11-3-4-12(15)18-8(11)2/h3-6H,17H2,1-2H3,(H,19,20). The topological polar surface area (TPSA) is 68.0 Å². The summed E-state index contributed by atoms with van der Waals surface area (Å²) in [4.78, 5) is 16.1. The summed E-state index contributed by atoms with van der Waals surface area (Å²) < 4.78 is 13.9. The maximum Gasteiger partial charge on any atom is 0.258 e. The number of rotatable bonds is 2. The van der Waals surface area contributed by atoms with Crippen LogP contribution in [0.5, 0.6) is 0 Å². The molecule has 0 radical (unpaired) electrons. The predicted molar refractivity (Wildman–Crippen MR) is 77.5 cm³/mol. The highest BCUT2D eigenvalue weighted by atomic mass is 35.5. The van der Waals surface area contributed by atoms with Gasteiger partial charge in [0, 0.05) is 5.69 Å². The molecule has 3 N–H and O–H groups in total. The van der Waals surface area contributed by atoms with Crippen LogP contribution in [0, 0.1) is 19.7 Å². The van der Waals surface area contributed by atoms with Crippen LogP contribution in [0.1, 0.15) is 21.6 Å². The molecule has 20 heavy (non-hydrogen) atoms. The Morgan fingerprint density at radius 1 is 1.35 bits per heavy atom. The third kappa shape index (κ3) is 2.88. The van der Waals surface area contributed by atoms with E-state index < -0.39 is 11.7 Å². The molecular formula is C14H13ClFN3O. The Morgan fingerprint density at radius 3 is 2.70 bits per heavy atom. The van der Waals surface area contributed by atoms with Gasteiger partial charge >= 0.3 is 0 Å². The van der Waals surface area contributed by atoms with Crippen LogP contribution in [0.3, 0.4) is 0 Å². The Hall–Kier alpha value is -2.14. The SMILES string of the molecule is Cc1cc(N)cc(C(=O)Nc2ccc(Cl)nc2C)c1F. The van der Waals surface area contributed by atoms with Gasteiger partial charge in [-0.1, -0.05) is 11.6 Å². The number of pyridine rings is 1. The van der Waals surface area contributed by atoms with E-state index in [0.717, 1.165) is 0 Å². The summed E-state index contributed by atoms with van der Waals surface area (Å²) in [5, 5.41) is 2.92. The first kappa shape index (κ1) is 14.3. The second kappa shape index (κ2) is 5.46. The highest BCUT2D eigenvalue weighted by molar-refractivity contribution is 6.29. The Labute approximate surface area is 120 Å². The van der Waals surface area contributed by atoms with Crippen LogP contribution in [0.15, 0.2) is 24.3 Å². The van der Waals surface area contributed by atoms with E-state index in [1.165, 1.54) is 12.1 Å². The fourth-order valence-corrected chi connectivity index (χ4v) is 2.00. The Morgan fingerprint density at radius 2 is 2.05 bits per heavy atom. The summed E-state index contributed by atoms with van der Waals surface area (Å²) in [6, 6.07) is 5.93. The first-order chi connectivity index (χ1) is 9.38. The van der Waals surface area contributed by atoms with Gasteiger partial charge in [0.15, 0.2) is 0 Å². The fourth-order valence-electron chi connectivity index (χ4n) is 1.81. The van der Waals surface area contributed by atoms with Crippen molar-refractivity contribution in [1.82, 2.24) is 4.98 Å². The molecule has 2 aromatic rings. The number of anilines is 2. The summed E-state index contributed by atoms with van der Waals surface area (Å²) >= 11 is 5.74. The minimum atomic E-state index is -0.587. The lowest BCUT2D eigenvalue weighted by atomic mass is 10.1. The number of carbonyl (C=O) groups is 1. The third-order valence-corrected chi connectivity index (χ3v) is 3.03. The zero-order chi connectivity index (χ0) is 14.9. The number of nitrogens with one attached hydrogen (secondary N) is 1. The average molecular weight is 294 g/mol. The zero-order valence-electron chi connectivity index (χ0n) is 11.0. The van der Waals surface area contributed by atoms with Gasteiger partial charge in [-0.25, -0.2) is 9.37 Å². The number of nitrogen functional groups attached to an aromatic ring is 1. The fraction of sp³-hybridized carbons (Fsp3) is 0.143. The molecule has 4 nitrogen and oxygen atoms in total. The van der Waals surface area contributed by atoms with Crippen molar-refractivity contribution in [2.45, 2.75) is 13.8 Å². The van der Waals surface area contributed by atoms with Crippen LogP contribution in [-0.2, 0) is 0 Å². The van der Waals surface area contributed by atoms with Gasteiger partial charge in [0.25, 0.3) is 5.91 Å². The van der Waals surface area contributed by atoms with Gasteiger partial charge in [0.1, 0.15) is 11.0 Å². The molecule has 0 fully saturated rings. The number of halogens is 2. The van der Waals surface area contributed by atoms with E-state index in [1.807, 2.05) is 0 Å². The van der Waals surface area contributed by atoms with Crippen LogP contribution in [0.25, 0.3) is 0 Å². The normalized spacial score (nSPS) is 10.4. The minimum Gasteiger partial charge on any atom is -0.399 e. The summed E-state index contributed by atoms with van der Waals surface area (Å²) in [7, 11) is 0. The van der Waals surface area contributed by atoms with E-state index in [4.69, 9.17) is 17.3 Å². The van der Waals surface area contributed by atoms with Gasteiger partial charge in [-0.2, -0.15) is 0 Å². The molecule has 1 aromatic carbocycles. The van der Waals surface area contributed by atoms with E-state index in [-0.39, 0.29) is 5.56 Å². The molecule has 0 bridgehead atoms. The predicted octanol–water partition coefficient (Wildman–Crippen LogP) is 3.33. The lowest BCUT2D eigenvalue weighted by molar-refractivity contribution is 0.102. The Bertz CT molecular complexity index is 688. The summed E-state index contributed by atoms with van der Waals surface area (Å²) in [6.45, 7) is 3.25. The molecule has 0 saturated carbocycles. The number of nitrogens with two attached hydrogens (primary N) is 1. The second-order valence-corrected chi connectivity index (χ2v) is 4.81. The number of aromatic nitrogens is 1. The van der Waals surface area contributed by atoms with Gasteiger partial charge in [-0.15, -0.1) is 0 Å². The van der Waals surface area contributed by atoms with Gasteiger partial charge in [-0.3, -0.25) is 4.79 Å². The van der Waals surface area contributed by atoms with Gasteiger partial charge < -0.3 is 11.1 Å². The van der Waals surface area contributed by atoms with Crippen LogP contribution < -0.4 is 11.1 Å². The number of amides is 1. The van der Waals surface area contributed by atoms with Crippen molar-refractivity contribution >= 4 is 28.9 Å². The van der Waals surface area contributed by atoms with Crippen molar-refractivity contribution in [3.05, 3.63) is 52.1 Å². The van der Waals surface area contributed by atoms with E-state index in [0.29, 0.717) is 27.8 Å². The maximum atomic E-state index is 13.9. The molecule has 0 aliphatic heterocycles. The van der Waals surface area contributed by atoms with Crippen molar-refractivity contribution in [3.8, 4) is 0 Å². The number of hydrogen-bond acceptors (Lipinski definition) is 3. The molecule has 0 unspecified atom stereocenters. The number of aryl methyl sites for hydroxylation is 2. The molecule has 2 rings (SSSR count). The van der Waals surface area contributed by atoms with E-state index >= 15 is 0 Å². The molecule has 0 aliphatic rings. The molecule has 6 heteroatoms. The number of benzene rings is 1. The van der Waals surface area contributed by atoms with Crippen LogP contribution in [-0.4, -0.2) is 10.9 Å². The van der Waals surface area contributed by atoms with Gasteiger partial charge in [0.2, 0.25) is 0 Å². The maximum absolute atomic E-state index is 13.9. The largest absolute Gasteiger partial charge is 0.399 e. The molecule has 1 aromatic heterocycles. The summed E-state index contributed by atoms with van der Waals surface area (Å²) in [5.41, 5.74) is 7.21. The first-order valence-electron chi connectivity index (χ1n) is 5.88. The monoisotopic (exact) mass is 293 g/mol.